The summed E-state index contributed by atoms with van der Waals surface area (Å²) in [5.41, 5.74) is 1.47. The number of alkyl carbamates (subject to hydrolysis) is 1. The number of hydrogen-bond acceptors (Lipinski definition) is 8. The van der Waals surface area contributed by atoms with Gasteiger partial charge >= 0.3 is 6.09 Å². The second kappa shape index (κ2) is 18.1. The van der Waals surface area contributed by atoms with Crippen LogP contribution < -0.4 is 16.0 Å². The summed E-state index contributed by atoms with van der Waals surface area (Å²) in [5.74, 6) is -1.94. The minimum Gasteiger partial charge on any atom is -0.445 e. The molecule has 4 amide bonds. The Balaban J connectivity index is 1.77. The Kier molecular flexibility index (Phi) is 14.3. The van der Waals surface area contributed by atoms with E-state index >= 15 is 0 Å². The van der Waals surface area contributed by atoms with Crippen LogP contribution in [0.3, 0.4) is 0 Å². The molecular weight excluding hydrogens is 618 g/mol. The quantitative estimate of drug-likeness (QED) is 0.170. The van der Waals surface area contributed by atoms with Crippen molar-refractivity contribution >= 4 is 51.2 Å². The number of hydrogen-bond donors (Lipinski definition) is 3. The Morgan fingerprint density at radius 1 is 0.830 bits per heavy atom. The van der Waals surface area contributed by atoms with Gasteiger partial charge in [0, 0.05) is 19.5 Å². The Morgan fingerprint density at radius 2 is 1.47 bits per heavy atom. The van der Waals surface area contributed by atoms with E-state index in [4.69, 9.17) is 4.74 Å². The van der Waals surface area contributed by atoms with Crippen LogP contribution in [0.15, 0.2) is 54.6 Å². The first-order valence-electron chi connectivity index (χ1n) is 16.2. The first kappa shape index (κ1) is 37.1. The third-order valence-corrected chi connectivity index (χ3v) is 8.73. The van der Waals surface area contributed by atoms with E-state index in [-0.39, 0.29) is 48.6 Å². The van der Waals surface area contributed by atoms with E-state index in [1.165, 1.54) is 11.3 Å². The van der Waals surface area contributed by atoms with Gasteiger partial charge in [-0.3, -0.25) is 19.2 Å². The molecule has 3 aromatic rings. The van der Waals surface area contributed by atoms with Crippen molar-refractivity contribution in [3.05, 3.63) is 65.2 Å². The van der Waals surface area contributed by atoms with Crippen LogP contribution in [0.25, 0.3) is 10.2 Å². The third-order valence-electron chi connectivity index (χ3n) is 7.68. The predicted molar refractivity (Wildman–Crippen MR) is 183 cm³/mol. The number of ketones is 1. The van der Waals surface area contributed by atoms with Crippen molar-refractivity contribution < 1.29 is 28.7 Å². The van der Waals surface area contributed by atoms with Gasteiger partial charge in [-0.2, -0.15) is 0 Å². The molecule has 11 nitrogen and oxygen atoms in total. The number of rotatable bonds is 17. The van der Waals surface area contributed by atoms with Crippen molar-refractivity contribution in [3.8, 4) is 0 Å². The molecule has 0 saturated heterocycles. The van der Waals surface area contributed by atoms with Gasteiger partial charge in [-0.05, 0) is 56.2 Å². The monoisotopic (exact) mass is 665 g/mol. The van der Waals surface area contributed by atoms with Gasteiger partial charge in [0.25, 0.3) is 0 Å². The summed E-state index contributed by atoms with van der Waals surface area (Å²) in [4.78, 5) is 72.7. The zero-order valence-electron chi connectivity index (χ0n) is 28.1. The zero-order chi connectivity index (χ0) is 34.5. The number of aromatic nitrogens is 1. The van der Waals surface area contributed by atoms with Crippen LogP contribution in [0, 0.1) is 11.8 Å². The van der Waals surface area contributed by atoms with Crippen LogP contribution in [0.2, 0.25) is 0 Å². The Labute approximate surface area is 280 Å². The normalized spacial score (nSPS) is 13.1. The van der Waals surface area contributed by atoms with Gasteiger partial charge in [-0.25, -0.2) is 9.78 Å². The number of ether oxygens (including phenoxy) is 1. The maximum absolute atomic E-state index is 13.8. The average molecular weight is 666 g/mol. The standard InChI is InChI=1S/C35H47N5O6S/c1-7-40(8-2)29(41)19-18-26(31(42)34-38-25-16-12-13-17-28(25)47-34)36-32(43)27(20-22(3)4)37-33(44)30(23(5)6)39-35(45)46-21-24-14-10-9-11-15-24/h9-17,22-23,26-27,30H,7-8,18-21H2,1-6H3,(H,36,43)(H,37,44)(H,39,45)/t26-,27-,30-/m0/s1. The zero-order valence-corrected chi connectivity index (χ0v) is 28.9. The summed E-state index contributed by atoms with van der Waals surface area (Å²) in [5, 5.41) is 8.48. The van der Waals surface area contributed by atoms with Crippen LogP contribution in [-0.2, 0) is 25.7 Å². The maximum Gasteiger partial charge on any atom is 0.408 e. The lowest BCUT2D eigenvalue weighted by Gasteiger charge is -2.27. The first-order chi connectivity index (χ1) is 22.4. The summed E-state index contributed by atoms with van der Waals surface area (Å²) in [6.45, 7) is 12.3. The molecule has 0 aliphatic heterocycles. The van der Waals surface area contributed by atoms with Crippen LogP contribution >= 0.6 is 11.3 Å². The molecule has 2 aromatic carbocycles. The second-order valence-electron chi connectivity index (χ2n) is 12.1. The summed E-state index contributed by atoms with van der Waals surface area (Å²) in [6, 6.07) is 13.5. The van der Waals surface area contributed by atoms with Crippen LogP contribution in [-0.4, -0.2) is 70.7 Å². The highest BCUT2D eigenvalue weighted by atomic mass is 32.1. The smallest absolute Gasteiger partial charge is 0.408 e. The minimum absolute atomic E-state index is 0.00926. The van der Waals surface area contributed by atoms with Crippen molar-refractivity contribution in [1.82, 2.24) is 25.8 Å². The fraction of sp³-hybridized carbons (Fsp3) is 0.486. The van der Waals surface area contributed by atoms with E-state index in [1.54, 1.807) is 18.7 Å². The molecule has 0 spiro atoms. The van der Waals surface area contributed by atoms with Gasteiger partial charge in [0.05, 0.1) is 16.3 Å². The SMILES string of the molecule is CCN(CC)C(=O)CC[C@H](NC(=O)[C@H](CC(C)C)NC(=O)[C@@H](NC(=O)OCc1ccccc1)C(C)C)C(=O)c1nc2ccccc2s1. The molecule has 1 aromatic heterocycles. The van der Waals surface area contributed by atoms with Crippen molar-refractivity contribution in [1.29, 1.82) is 0 Å². The highest BCUT2D eigenvalue weighted by Crippen LogP contribution is 2.23. The average Bonchev–Trinajstić information content (AvgIpc) is 3.49. The molecule has 0 aliphatic carbocycles. The molecule has 1 heterocycles. The molecule has 0 fully saturated rings. The predicted octanol–water partition coefficient (Wildman–Crippen LogP) is 5.09. The molecule has 0 bridgehead atoms. The number of thiazole rings is 1. The molecular formula is C35H47N5O6S. The Bertz CT molecular complexity index is 1470. The summed E-state index contributed by atoms with van der Waals surface area (Å²) < 4.78 is 6.15. The van der Waals surface area contributed by atoms with Crippen LogP contribution in [0.5, 0.6) is 0 Å². The van der Waals surface area contributed by atoms with Crippen molar-refractivity contribution in [2.75, 3.05) is 13.1 Å². The largest absolute Gasteiger partial charge is 0.445 e. The summed E-state index contributed by atoms with van der Waals surface area (Å²) in [6.07, 6.45) is -0.357. The fourth-order valence-corrected chi connectivity index (χ4v) is 6.02. The lowest BCUT2D eigenvalue weighted by molar-refractivity contribution is -0.132. The number of carbonyl (C=O) groups is 5. The maximum atomic E-state index is 13.8. The van der Waals surface area contributed by atoms with E-state index < -0.39 is 41.8 Å². The molecule has 0 radical (unpaired) electrons. The lowest BCUT2D eigenvalue weighted by atomic mass is 9.99. The lowest BCUT2D eigenvalue weighted by Crippen LogP contribution is -2.57. The number of Topliss-reactive ketones (excluding diaryl/α,β-unsaturated/α-hetero) is 1. The number of fused-ring (bicyclic) bond motifs is 1. The second-order valence-corrected chi connectivity index (χ2v) is 13.2. The minimum atomic E-state index is -1.04. The van der Waals surface area contributed by atoms with E-state index in [1.807, 2.05) is 82.3 Å². The van der Waals surface area contributed by atoms with Crippen molar-refractivity contribution in [3.63, 3.8) is 0 Å². The fourth-order valence-electron chi connectivity index (χ4n) is 5.06. The molecule has 0 aliphatic rings. The number of para-hydroxylation sites is 1. The van der Waals surface area contributed by atoms with Crippen LogP contribution in [0.1, 0.15) is 76.2 Å². The van der Waals surface area contributed by atoms with Crippen LogP contribution in [0.4, 0.5) is 4.79 Å². The number of carbonyl (C=O) groups excluding carboxylic acids is 5. The highest BCUT2D eigenvalue weighted by Gasteiger charge is 2.33. The van der Waals surface area contributed by atoms with Gasteiger partial charge in [-0.15, -0.1) is 11.3 Å². The molecule has 0 saturated carbocycles. The molecule has 0 unspecified atom stereocenters. The Morgan fingerprint density at radius 3 is 2.09 bits per heavy atom. The molecule has 3 N–H and O–H groups in total. The van der Waals surface area contributed by atoms with Gasteiger partial charge in [0.15, 0.2) is 5.01 Å². The number of amides is 4. The van der Waals surface area contributed by atoms with E-state index in [0.717, 1.165) is 10.3 Å². The number of nitrogens with zero attached hydrogens (tertiary/aromatic N) is 2. The molecule has 47 heavy (non-hydrogen) atoms. The van der Waals surface area contributed by atoms with E-state index in [2.05, 4.69) is 20.9 Å². The molecule has 254 valence electrons. The van der Waals surface area contributed by atoms with Gasteiger partial charge in [0.2, 0.25) is 23.5 Å². The van der Waals surface area contributed by atoms with Crippen molar-refractivity contribution in [2.24, 2.45) is 11.8 Å². The molecule has 3 atom stereocenters. The number of nitrogens with one attached hydrogen (secondary N) is 3. The number of benzene rings is 2. The molecule has 12 heteroatoms. The van der Waals surface area contributed by atoms with E-state index in [9.17, 15) is 24.0 Å². The first-order valence-corrected chi connectivity index (χ1v) is 17.0. The Hall–Kier alpha value is -4.32. The molecule has 3 rings (SSSR count). The highest BCUT2D eigenvalue weighted by molar-refractivity contribution is 7.20. The van der Waals surface area contributed by atoms with E-state index in [0.29, 0.717) is 18.6 Å². The summed E-state index contributed by atoms with van der Waals surface area (Å²) in [7, 11) is 0. The third kappa shape index (κ3) is 11.2. The van der Waals surface area contributed by atoms with Crippen molar-refractivity contribution in [2.45, 2.75) is 85.5 Å². The van der Waals surface area contributed by atoms with Gasteiger partial charge in [-0.1, -0.05) is 70.2 Å². The van der Waals surface area contributed by atoms with Gasteiger partial charge < -0.3 is 25.6 Å². The topological polar surface area (TPSA) is 147 Å². The van der Waals surface area contributed by atoms with Gasteiger partial charge in [0.1, 0.15) is 18.7 Å². The summed E-state index contributed by atoms with van der Waals surface area (Å²) >= 11 is 1.23.